The molecule has 16 heavy (non-hydrogen) atoms. The molecule has 0 saturated carbocycles. The molecule has 0 heterocycles. The summed E-state index contributed by atoms with van der Waals surface area (Å²) in [4.78, 5) is 0. The first-order valence-electron chi connectivity index (χ1n) is 5.47. The van der Waals surface area contributed by atoms with Crippen molar-refractivity contribution >= 4 is 15.2 Å². The van der Waals surface area contributed by atoms with Gasteiger partial charge in [0.2, 0.25) is 0 Å². The van der Waals surface area contributed by atoms with Gasteiger partial charge in [-0.15, -0.1) is 19.7 Å². The SMILES string of the molecule is C=CC[Si](C=CCB(O)O)(CC=C)CC=C. The molecule has 0 aromatic carbocycles. The summed E-state index contributed by atoms with van der Waals surface area (Å²) in [5.41, 5.74) is 2.15. The molecule has 0 rings (SSSR count). The molecule has 0 aliphatic carbocycles. The van der Waals surface area contributed by atoms with E-state index in [0.29, 0.717) is 0 Å². The van der Waals surface area contributed by atoms with Crippen molar-refractivity contribution < 1.29 is 10.0 Å². The predicted octanol–water partition coefficient (Wildman–Crippen LogP) is 2.56. The van der Waals surface area contributed by atoms with Crippen LogP contribution < -0.4 is 0 Å². The molecule has 2 nitrogen and oxygen atoms in total. The highest BCUT2D eigenvalue weighted by molar-refractivity contribution is 6.85. The molecule has 0 aliphatic heterocycles. The van der Waals surface area contributed by atoms with Crippen LogP contribution in [0, 0.1) is 0 Å². The predicted molar refractivity (Wildman–Crippen MR) is 74.9 cm³/mol. The van der Waals surface area contributed by atoms with Crippen LogP contribution in [0.2, 0.25) is 24.5 Å². The van der Waals surface area contributed by atoms with Gasteiger partial charge in [0.05, 0.1) is 8.07 Å². The number of allylic oxidation sites excluding steroid dienone is 4. The Labute approximate surface area is 99.9 Å². The highest BCUT2D eigenvalue weighted by Crippen LogP contribution is 2.24. The van der Waals surface area contributed by atoms with Crippen molar-refractivity contribution in [3.05, 3.63) is 49.7 Å². The summed E-state index contributed by atoms with van der Waals surface area (Å²) in [6.45, 7) is 11.4. The Morgan fingerprint density at radius 2 is 1.38 bits per heavy atom. The Morgan fingerprint density at radius 3 is 1.69 bits per heavy atom. The van der Waals surface area contributed by atoms with E-state index in [4.69, 9.17) is 10.0 Å². The third-order valence-corrected chi connectivity index (χ3v) is 6.72. The third kappa shape index (κ3) is 5.90. The van der Waals surface area contributed by atoms with Gasteiger partial charge >= 0.3 is 7.12 Å². The van der Waals surface area contributed by atoms with E-state index < -0.39 is 15.2 Å². The average Bonchev–Trinajstić information content (AvgIpc) is 2.18. The van der Waals surface area contributed by atoms with Crippen molar-refractivity contribution in [2.75, 3.05) is 0 Å². The van der Waals surface area contributed by atoms with E-state index in [9.17, 15) is 0 Å². The largest absolute Gasteiger partial charge is 0.455 e. The Morgan fingerprint density at radius 1 is 0.938 bits per heavy atom. The fourth-order valence-electron chi connectivity index (χ4n) is 1.76. The Bertz CT molecular complexity index is 235. The fourth-order valence-corrected chi connectivity index (χ4v) is 5.03. The highest BCUT2D eigenvalue weighted by atomic mass is 28.3. The summed E-state index contributed by atoms with van der Waals surface area (Å²) in [5, 5.41) is 17.6. The smallest absolute Gasteiger partial charge is 0.427 e. The molecule has 0 aromatic heterocycles. The van der Waals surface area contributed by atoms with Crippen LogP contribution in [-0.2, 0) is 0 Å². The minimum atomic E-state index is -1.62. The van der Waals surface area contributed by atoms with Crippen molar-refractivity contribution in [3.63, 3.8) is 0 Å². The van der Waals surface area contributed by atoms with Crippen molar-refractivity contribution in [3.8, 4) is 0 Å². The lowest BCUT2D eigenvalue weighted by molar-refractivity contribution is 0.411. The molecule has 0 aliphatic rings. The van der Waals surface area contributed by atoms with Gasteiger partial charge < -0.3 is 10.0 Å². The van der Waals surface area contributed by atoms with Gasteiger partial charge in [-0.2, -0.15) is 0 Å². The maximum Gasteiger partial charge on any atom is 0.455 e. The van der Waals surface area contributed by atoms with Crippen LogP contribution in [0.3, 0.4) is 0 Å². The molecular weight excluding hydrogens is 215 g/mol. The van der Waals surface area contributed by atoms with Crippen LogP contribution >= 0.6 is 0 Å². The molecule has 88 valence electrons. The molecule has 0 bridgehead atoms. The minimum Gasteiger partial charge on any atom is -0.427 e. The molecule has 4 heteroatoms. The second kappa shape index (κ2) is 8.33. The van der Waals surface area contributed by atoms with E-state index in [1.165, 1.54) is 0 Å². The lowest BCUT2D eigenvalue weighted by Gasteiger charge is -2.24. The van der Waals surface area contributed by atoms with Crippen LogP contribution in [0.1, 0.15) is 0 Å². The van der Waals surface area contributed by atoms with E-state index in [2.05, 4.69) is 25.4 Å². The molecule has 0 aromatic rings. The molecule has 0 atom stereocenters. The summed E-state index contributed by atoms with van der Waals surface area (Å²) < 4.78 is 0. The van der Waals surface area contributed by atoms with Crippen LogP contribution in [0.15, 0.2) is 49.7 Å². The summed E-state index contributed by atoms with van der Waals surface area (Å²) in [7, 11) is -2.88. The monoisotopic (exact) mass is 236 g/mol. The van der Waals surface area contributed by atoms with Crippen LogP contribution in [-0.4, -0.2) is 25.2 Å². The van der Waals surface area contributed by atoms with E-state index in [1.807, 2.05) is 24.3 Å². The van der Waals surface area contributed by atoms with E-state index in [1.54, 1.807) is 0 Å². The van der Waals surface area contributed by atoms with Crippen molar-refractivity contribution in [2.45, 2.75) is 24.5 Å². The maximum atomic E-state index is 8.80. The molecule has 0 spiro atoms. The quantitative estimate of drug-likeness (QED) is 0.477. The van der Waals surface area contributed by atoms with Gasteiger partial charge in [0.15, 0.2) is 0 Å². The first-order chi connectivity index (χ1) is 7.60. The Kier molecular flexibility index (Phi) is 7.89. The van der Waals surface area contributed by atoms with Crippen LogP contribution in [0.25, 0.3) is 0 Å². The van der Waals surface area contributed by atoms with E-state index in [0.717, 1.165) is 18.1 Å². The van der Waals surface area contributed by atoms with Crippen LogP contribution in [0.5, 0.6) is 0 Å². The standard InChI is InChI=1S/C12H21BO2Si/c1-4-9-16(10-5-2,11-6-3)12-7-8-13(14)15/h4-7,12,14-15H,1-3,8-11H2. The van der Waals surface area contributed by atoms with Gasteiger partial charge in [-0.25, -0.2) is 0 Å². The highest BCUT2D eigenvalue weighted by Gasteiger charge is 2.25. The summed E-state index contributed by atoms with van der Waals surface area (Å²) in [6.07, 6.45) is 7.92. The van der Waals surface area contributed by atoms with Gasteiger partial charge in [-0.3, -0.25) is 0 Å². The molecule has 0 radical (unpaired) electrons. The molecule has 0 amide bonds. The Balaban J connectivity index is 4.70. The van der Waals surface area contributed by atoms with Crippen molar-refractivity contribution in [2.24, 2.45) is 0 Å². The molecule has 0 fully saturated rings. The van der Waals surface area contributed by atoms with Gasteiger partial charge in [-0.1, -0.05) is 30.0 Å². The second-order valence-corrected chi connectivity index (χ2v) is 8.24. The van der Waals surface area contributed by atoms with Crippen molar-refractivity contribution in [1.82, 2.24) is 0 Å². The summed E-state index contributed by atoms with van der Waals surface area (Å²) >= 11 is 0. The summed E-state index contributed by atoms with van der Waals surface area (Å²) in [6, 6.07) is 2.88. The zero-order valence-electron chi connectivity index (χ0n) is 9.81. The number of hydrogen-bond acceptors (Lipinski definition) is 2. The lowest BCUT2D eigenvalue weighted by atomic mass is 9.87. The normalized spacial score (nSPS) is 11.4. The zero-order valence-corrected chi connectivity index (χ0v) is 10.8. The van der Waals surface area contributed by atoms with Crippen molar-refractivity contribution in [1.29, 1.82) is 0 Å². The molecule has 2 N–H and O–H groups in total. The topological polar surface area (TPSA) is 40.5 Å². The van der Waals surface area contributed by atoms with Gasteiger partial charge in [-0.05, 0) is 24.5 Å². The summed E-state index contributed by atoms with van der Waals surface area (Å²) in [5.74, 6) is 0. The van der Waals surface area contributed by atoms with Gasteiger partial charge in [0, 0.05) is 0 Å². The van der Waals surface area contributed by atoms with E-state index >= 15 is 0 Å². The number of hydrogen-bond donors (Lipinski definition) is 2. The lowest BCUT2D eigenvalue weighted by Crippen LogP contribution is -2.29. The number of rotatable bonds is 9. The first kappa shape index (κ1) is 15.2. The minimum absolute atomic E-state index is 0.278. The molecule has 0 saturated heterocycles. The molecule has 0 unspecified atom stereocenters. The first-order valence-corrected chi connectivity index (χ1v) is 8.16. The maximum absolute atomic E-state index is 8.80. The second-order valence-electron chi connectivity index (χ2n) is 3.96. The average molecular weight is 236 g/mol. The van der Waals surface area contributed by atoms with E-state index in [-0.39, 0.29) is 6.32 Å². The fraction of sp³-hybridized carbons (Fsp3) is 0.333. The third-order valence-electron chi connectivity index (χ3n) is 2.47. The molecular formula is C12H21BO2Si. The van der Waals surface area contributed by atoms with Crippen LogP contribution in [0.4, 0.5) is 0 Å². The zero-order chi connectivity index (χ0) is 12.4. The van der Waals surface area contributed by atoms with Gasteiger partial charge in [0.25, 0.3) is 0 Å². The Hall–Kier alpha value is -0.838. The van der Waals surface area contributed by atoms with Gasteiger partial charge in [0.1, 0.15) is 0 Å².